The highest BCUT2D eigenvalue weighted by molar-refractivity contribution is 6.42. The zero-order valence-electron chi connectivity index (χ0n) is 10.8. The molecule has 0 aliphatic rings. The van der Waals surface area contributed by atoms with E-state index in [1.165, 1.54) is 6.08 Å². The second-order valence-electron chi connectivity index (χ2n) is 4.27. The summed E-state index contributed by atoms with van der Waals surface area (Å²) in [5.74, 6) is 0. The molecule has 2 aromatic rings. The second-order valence-corrected chi connectivity index (χ2v) is 5.09. The number of benzene rings is 1. The standard InChI is InChI=1S/C15H7Cl2F3N2/c16-12-3-1-9(6-13(12)17)5-10(7-21)14-4-2-11(8-22-14)15(18,19)20/h1-6,8H/b10-5+. The predicted octanol–water partition coefficient (Wildman–Crippen LogP) is 5.47. The SMILES string of the molecule is N#C/C(=C\c1ccc(Cl)c(Cl)c1)c1ccc(C(F)(F)F)cn1. The Morgan fingerprint density at radius 2 is 1.86 bits per heavy atom. The van der Waals surface area contributed by atoms with Crippen LogP contribution in [0.1, 0.15) is 16.8 Å². The molecule has 0 radical (unpaired) electrons. The van der Waals surface area contributed by atoms with Crippen molar-refractivity contribution in [2.45, 2.75) is 6.18 Å². The molecule has 0 aliphatic carbocycles. The van der Waals surface area contributed by atoms with Gasteiger partial charge in [-0.1, -0.05) is 29.3 Å². The van der Waals surface area contributed by atoms with Gasteiger partial charge in [0.15, 0.2) is 0 Å². The second kappa shape index (κ2) is 6.39. The van der Waals surface area contributed by atoms with Gasteiger partial charge in [-0.2, -0.15) is 18.4 Å². The fourth-order valence-electron chi connectivity index (χ4n) is 1.65. The molecule has 22 heavy (non-hydrogen) atoms. The Hall–Kier alpha value is -2.03. The fraction of sp³-hybridized carbons (Fsp3) is 0.0667. The minimum absolute atomic E-state index is 0.118. The van der Waals surface area contributed by atoms with Crippen LogP contribution in [0.4, 0.5) is 13.2 Å². The van der Waals surface area contributed by atoms with Gasteiger partial charge >= 0.3 is 6.18 Å². The van der Waals surface area contributed by atoms with Crippen LogP contribution in [0.3, 0.4) is 0 Å². The van der Waals surface area contributed by atoms with Crippen molar-refractivity contribution in [1.82, 2.24) is 4.98 Å². The van der Waals surface area contributed by atoms with Crippen molar-refractivity contribution in [3.05, 3.63) is 63.4 Å². The number of rotatable bonds is 2. The highest BCUT2D eigenvalue weighted by atomic mass is 35.5. The van der Waals surface area contributed by atoms with Gasteiger partial charge in [0.1, 0.15) is 6.07 Å². The molecule has 1 aromatic heterocycles. The first kappa shape index (κ1) is 16.3. The summed E-state index contributed by atoms with van der Waals surface area (Å²) in [6.45, 7) is 0. The van der Waals surface area contributed by atoms with Gasteiger partial charge in [-0.05, 0) is 35.9 Å². The molecule has 0 amide bonds. The molecule has 2 rings (SSSR count). The average molecular weight is 343 g/mol. The van der Waals surface area contributed by atoms with E-state index in [9.17, 15) is 13.2 Å². The molecule has 0 N–H and O–H groups in total. The van der Waals surface area contributed by atoms with Crippen molar-refractivity contribution < 1.29 is 13.2 Å². The molecular formula is C15H7Cl2F3N2. The Morgan fingerprint density at radius 3 is 2.36 bits per heavy atom. The normalized spacial score (nSPS) is 12.1. The van der Waals surface area contributed by atoms with E-state index in [0.717, 1.165) is 12.1 Å². The van der Waals surface area contributed by atoms with Gasteiger partial charge in [0.2, 0.25) is 0 Å². The van der Waals surface area contributed by atoms with Crippen molar-refractivity contribution in [2.75, 3.05) is 0 Å². The van der Waals surface area contributed by atoms with E-state index in [1.54, 1.807) is 18.2 Å². The summed E-state index contributed by atoms with van der Waals surface area (Å²) in [4.78, 5) is 3.68. The smallest absolute Gasteiger partial charge is 0.255 e. The summed E-state index contributed by atoms with van der Waals surface area (Å²) in [5, 5.41) is 9.83. The summed E-state index contributed by atoms with van der Waals surface area (Å²) in [5.41, 5.74) is -0.0237. The van der Waals surface area contributed by atoms with Crippen molar-refractivity contribution in [1.29, 1.82) is 5.26 Å². The van der Waals surface area contributed by atoms with Gasteiger partial charge in [-0.25, -0.2) is 0 Å². The average Bonchev–Trinajstić information content (AvgIpc) is 2.47. The Balaban J connectivity index is 2.37. The molecule has 0 spiro atoms. The topological polar surface area (TPSA) is 36.7 Å². The number of pyridine rings is 1. The molecule has 0 atom stereocenters. The van der Waals surface area contributed by atoms with E-state index in [-0.39, 0.29) is 11.3 Å². The maximum absolute atomic E-state index is 12.5. The first-order valence-corrected chi connectivity index (χ1v) is 6.67. The third kappa shape index (κ3) is 3.79. The van der Waals surface area contributed by atoms with Crippen LogP contribution < -0.4 is 0 Å². The van der Waals surface area contributed by atoms with E-state index < -0.39 is 11.7 Å². The third-order valence-corrected chi connectivity index (χ3v) is 3.48. The molecule has 7 heteroatoms. The Morgan fingerprint density at radius 1 is 1.14 bits per heavy atom. The van der Waals surface area contributed by atoms with E-state index >= 15 is 0 Å². The summed E-state index contributed by atoms with van der Waals surface area (Å²) in [6.07, 6.45) is -2.31. The first-order chi connectivity index (χ1) is 10.3. The lowest BCUT2D eigenvalue weighted by Crippen LogP contribution is -2.05. The lowest BCUT2D eigenvalue weighted by atomic mass is 10.1. The van der Waals surface area contributed by atoms with Gasteiger partial charge in [0.25, 0.3) is 0 Å². The number of alkyl halides is 3. The minimum atomic E-state index is -4.47. The van der Waals surface area contributed by atoms with Crippen LogP contribution in [-0.4, -0.2) is 4.98 Å². The number of aromatic nitrogens is 1. The molecule has 0 saturated heterocycles. The highest BCUT2D eigenvalue weighted by Gasteiger charge is 2.30. The fourth-order valence-corrected chi connectivity index (χ4v) is 1.96. The molecular weight excluding hydrogens is 336 g/mol. The van der Waals surface area contributed by atoms with E-state index in [4.69, 9.17) is 28.5 Å². The van der Waals surface area contributed by atoms with Crippen LogP contribution in [-0.2, 0) is 6.18 Å². The molecule has 0 unspecified atom stereocenters. The first-order valence-electron chi connectivity index (χ1n) is 5.92. The van der Waals surface area contributed by atoms with Crippen LogP contribution in [0.25, 0.3) is 11.6 Å². The summed E-state index contributed by atoms with van der Waals surface area (Å²) >= 11 is 11.7. The number of hydrogen-bond donors (Lipinski definition) is 0. The van der Waals surface area contributed by atoms with Crippen molar-refractivity contribution >= 4 is 34.9 Å². The van der Waals surface area contributed by atoms with Crippen molar-refractivity contribution in [3.63, 3.8) is 0 Å². The monoisotopic (exact) mass is 342 g/mol. The number of halogens is 5. The minimum Gasteiger partial charge on any atom is -0.255 e. The predicted molar refractivity (Wildman–Crippen MR) is 79.2 cm³/mol. The molecule has 0 aliphatic heterocycles. The van der Waals surface area contributed by atoms with E-state index in [2.05, 4.69) is 4.98 Å². The third-order valence-electron chi connectivity index (χ3n) is 2.74. The zero-order valence-corrected chi connectivity index (χ0v) is 12.3. The largest absolute Gasteiger partial charge is 0.417 e. The van der Waals surface area contributed by atoms with Crippen molar-refractivity contribution in [2.24, 2.45) is 0 Å². The molecule has 0 bridgehead atoms. The van der Waals surface area contributed by atoms with Gasteiger partial charge in [-0.15, -0.1) is 0 Å². The summed E-state index contributed by atoms with van der Waals surface area (Å²) in [7, 11) is 0. The highest BCUT2D eigenvalue weighted by Crippen LogP contribution is 2.29. The molecule has 0 saturated carbocycles. The molecule has 1 aromatic carbocycles. The Kier molecular flexibility index (Phi) is 4.74. The van der Waals surface area contributed by atoms with Gasteiger partial charge < -0.3 is 0 Å². The Labute approximate surface area is 134 Å². The summed E-state index contributed by atoms with van der Waals surface area (Å²) < 4.78 is 37.5. The molecule has 0 fully saturated rings. The molecule has 1 heterocycles. The Bertz CT molecular complexity index is 760. The molecule has 112 valence electrons. The van der Waals surface area contributed by atoms with Crippen LogP contribution in [0.5, 0.6) is 0 Å². The number of hydrogen-bond acceptors (Lipinski definition) is 2. The van der Waals surface area contributed by atoms with Crippen LogP contribution in [0.15, 0.2) is 36.5 Å². The van der Waals surface area contributed by atoms with Gasteiger partial charge in [0, 0.05) is 6.20 Å². The number of allylic oxidation sites excluding steroid dienone is 1. The summed E-state index contributed by atoms with van der Waals surface area (Å²) in [6, 6.07) is 8.67. The quantitative estimate of drug-likeness (QED) is 0.678. The van der Waals surface area contributed by atoms with Gasteiger partial charge in [0.05, 0.1) is 26.9 Å². The molecule has 2 nitrogen and oxygen atoms in total. The van der Waals surface area contributed by atoms with E-state index in [0.29, 0.717) is 21.8 Å². The zero-order chi connectivity index (χ0) is 16.3. The maximum Gasteiger partial charge on any atom is 0.417 e. The van der Waals surface area contributed by atoms with Crippen LogP contribution in [0.2, 0.25) is 10.0 Å². The maximum atomic E-state index is 12.5. The van der Waals surface area contributed by atoms with E-state index in [1.807, 2.05) is 6.07 Å². The lowest BCUT2D eigenvalue weighted by Gasteiger charge is -2.06. The van der Waals surface area contributed by atoms with Crippen molar-refractivity contribution in [3.8, 4) is 6.07 Å². The van der Waals surface area contributed by atoms with Crippen LogP contribution >= 0.6 is 23.2 Å². The van der Waals surface area contributed by atoms with Gasteiger partial charge in [-0.3, -0.25) is 4.98 Å². The van der Waals surface area contributed by atoms with Crippen LogP contribution in [0, 0.1) is 11.3 Å². The lowest BCUT2D eigenvalue weighted by molar-refractivity contribution is -0.137. The number of nitrogens with zero attached hydrogens (tertiary/aromatic N) is 2. The number of nitriles is 1.